The fourth-order valence-electron chi connectivity index (χ4n) is 2.86. The van der Waals surface area contributed by atoms with Crippen LogP contribution in [0.1, 0.15) is 62.1 Å². The van der Waals surface area contributed by atoms with Crippen molar-refractivity contribution in [1.29, 1.82) is 0 Å². The maximum Gasteiger partial charge on any atom is 0.229 e. The van der Waals surface area contributed by atoms with Gasteiger partial charge in [-0.05, 0) is 38.5 Å². The first-order valence-electron chi connectivity index (χ1n) is 6.92. The summed E-state index contributed by atoms with van der Waals surface area (Å²) in [5.74, 6) is 2.35. The molecule has 2 heterocycles. The lowest BCUT2D eigenvalue weighted by Gasteiger charge is -2.22. The van der Waals surface area contributed by atoms with Crippen LogP contribution in [0.15, 0.2) is 4.52 Å². The molecule has 3 rings (SSSR count). The predicted molar refractivity (Wildman–Crippen MR) is 64.3 cm³/mol. The van der Waals surface area contributed by atoms with Gasteiger partial charge in [0, 0.05) is 25.0 Å². The Labute approximate surface area is 107 Å². The first-order chi connectivity index (χ1) is 8.83. The average Bonchev–Trinajstić information content (AvgIpc) is 2.90. The van der Waals surface area contributed by atoms with Gasteiger partial charge in [-0.1, -0.05) is 5.16 Å². The van der Waals surface area contributed by atoms with Crippen molar-refractivity contribution in [3.05, 3.63) is 11.7 Å². The summed E-state index contributed by atoms with van der Waals surface area (Å²) >= 11 is 0. The van der Waals surface area contributed by atoms with Gasteiger partial charge in [-0.15, -0.1) is 0 Å². The normalized spacial score (nSPS) is 30.5. The molecule has 1 saturated heterocycles. The second-order valence-corrected chi connectivity index (χ2v) is 5.38. The van der Waals surface area contributed by atoms with E-state index in [-0.39, 0.29) is 6.10 Å². The van der Waals surface area contributed by atoms with Crippen LogP contribution in [0.2, 0.25) is 0 Å². The minimum absolute atomic E-state index is 0.140. The highest BCUT2D eigenvalue weighted by atomic mass is 16.5. The topological polar surface area (TPSA) is 68.4 Å². The van der Waals surface area contributed by atoms with Crippen molar-refractivity contribution < 1.29 is 14.4 Å². The van der Waals surface area contributed by atoms with Crippen molar-refractivity contribution in [3.63, 3.8) is 0 Å². The van der Waals surface area contributed by atoms with Crippen molar-refractivity contribution in [2.45, 2.75) is 56.5 Å². The molecule has 1 N–H and O–H groups in total. The first-order valence-corrected chi connectivity index (χ1v) is 6.92. The lowest BCUT2D eigenvalue weighted by atomic mass is 9.87. The summed E-state index contributed by atoms with van der Waals surface area (Å²) in [5, 5.41) is 13.6. The SMILES string of the molecule is OC1CCC(c2nc(C3CCOCC3)no2)CC1. The number of rotatable bonds is 2. The van der Waals surface area contributed by atoms with Crippen LogP contribution in [0.3, 0.4) is 0 Å². The van der Waals surface area contributed by atoms with E-state index in [0.717, 1.165) is 63.5 Å². The van der Waals surface area contributed by atoms with Crippen molar-refractivity contribution in [2.75, 3.05) is 13.2 Å². The minimum atomic E-state index is -0.140. The number of nitrogens with zero attached hydrogens (tertiary/aromatic N) is 2. The van der Waals surface area contributed by atoms with Crippen LogP contribution in [0.4, 0.5) is 0 Å². The zero-order valence-corrected chi connectivity index (χ0v) is 10.5. The molecule has 0 aromatic carbocycles. The molecule has 0 spiro atoms. The molecular formula is C13H20N2O3. The fraction of sp³-hybridized carbons (Fsp3) is 0.846. The van der Waals surface area contributed by atoms with Crippen LogP contribution in [0.25, 0.3) is 0 Å². The molecule has 18 heavy (non-hydrogen) atoms. The fourth-order valence-corrected chi connectivity index (χ4v) is 2.86. The molecule has 1 aliphatic carbocycles. The van der Waals surface area contributed by atoms with E-state index in [0.29, 0.717) is 11.8 Å². The van der Waals surface area contributed by atoms with Crippen LogP contribution < -0.4 is 0 Å². The number of ether oxygens (including phenoxy) is 1. The number of hydrogen-bond donors (Lipinski definition) is 1. The summed E-state index contributed by atoms with van der Waals surface area (Å²) in [7, 11) is 0. The highest BCUT2D eigenvalue weighted by molar-refractivity contribution is 5.01. The van der Waals surface area contributed by atoms with Gasteiger partial charge in [0.1, 0.15) is 0 Å². The molecule has 1 aromatic rings. The van der Waals surface area contributed by atoms with Crippen molar-refractivity contribution >= 4 is 0 Å². The zero-order chi connectivity index (χ0) is 12.4. The van der Waals surface area contributed by atoms with Crippen LogP contribution in [0.5, 0.6) is 0 Å². The predicted octanol–water partition coefficient (Wildman–Crippen LogP) is 1.98. The first kappa shape index (κ1) is 12.1. The summed E-state index contributed by atoms with van der Waals surface area (Å²) in [6, 6.07) is 0. The summed E-state index contributed by atoms with van der Waals surface area (Å²) in [6.45, 7) is 1.59. The van der Waals surface area contributed by atoms with E-state index in [2.05, 4.69) is 10.1 Å². The van der Waals surface area contributed by atoms with Gasteiger partial charge in [0.15, 0.2) is 5.82 Å². The summed E-state index contributed by atoms with van der Waals surface area (Å²) in [6.07, 6.45) is 5.44. The largest absolute Gasteiger partial charge is 0.393 e. The van der Waals surface area contributed by atoms with Crippen molar-refractivity contribution in [2.24, 2.45) is 0 Å². The molecule has 5 heteroatoms. The molecule has 1 saturated carbocycles. The average molecular weight is 252 g/mol. The lowest BCUT2D eigenvalue weighted by molar-refractivity contribution is 0.0830. The molecule has 0 atom stereocenters. The number of hydrogen-bond acceptors (Lipinski definition) is 5. The van der Waals surface area contributed by atoms with Gasteiger partial charge in [0.05, 0.1) is 6.10 Å². The maximum absolute atomic E-state index is 9.50. The van der Waals surface area contributed by atoms with Gasteiger partial charge in [0.25, 0.3) is 0 Å². The Bertz CT molecular complexity index is 379. The monoisotopic (exact) mass is 252 g/mol. The molecule has 0 unspecified atom stereocenters. The van der Waals surface area contributed by atoms with Crippen LogP contribution in [-0.2, 0) is 4.74 Å². The van der Waals surface area contributed by atoms with Gasteiger partial charge < -0.3 is 14.4 Å². The van der Waals surface area contributed by atoms with E-state index >= 15 is 0 Å². The Kier molecular flexibility index (Phi) is 3.61. The van der Waals surface area contributed by atoms with Gasteiger partial charge >= 0.3 is 0 Å². The van der Waals surface area contributed by atoms with Crippen LogP contribution in [-0.4, -0.2) is 34.6 Å². The summed E-state index contributed by atoms with van der Waals surface area (Å²) < 4.78 is 10.8. The van der Waals surface area contributed by atoms with Gasteiger partial charge in [-0.3, -0.25) is 0 Å². The molecule has 0 bridgehead atoms. The molecule has 100 valence electrons. The minimum Gasteiger partial charge on any atom is -0.393 e. The Morgan fingerprint density at radius 3 is 2.39 bits per heavy atom. The highest BCUT2D eigenvalue weighted by Gasteiger charge is 2.27. The Balaban J connectivity index is 1.65. The van der Waals surface area contributed by atoms with Gasteiger partial charge in [-0.2, -0.15) is 4.98 Å². The van der Waals surface area contributed by atoms with E-state index in [1.165, 1.54) is 0 Å². The van der Waals surface area contributed by atoms with Gasteiger partial charge in [0.2, 0.25) is 5.89 Å². The van der Waals surface area contributed by atoms with Gasteiger partial charge in [-0.25, -0.2) is 0 Å². The molecule has 1 aromatic heterocycles. The molecule has 1 aliphatic heterocycles. The molecule has 0 amide bonds. The third-order valence-corrected chi connectivity index (χ3v) is 4.09. The van der Waals surface area contributed by atoms with E-state index in [1.54, 1.807) is 0 Å². The quantitative estimate of drug-likeness (QED) is 0.871. The summed E-state index contributed by atoms with van der Waals surface area (Å²) in [5.41, 5.74) is 0. The standard InChI is InChI=1S/C13H20N2O3/c16-11-3-1-10(2-4-11)13-14-12(15-18-13)9-5-7-17-8-6-9/h9-11,16H,1-8H2. The van der Waals surface area contributed by atoms with Crippen LogP contribution >= 0.6 is 0 Å². The highest BCUT2D eigenvalue weighted by Crippen LogP contribution is 2.33. The van der Waals surface area contributed by atoms with Crippen molar-refractivity contribution in [3.8, 4) is 0 Å². The third-order valence-electron chi connectivity index (χ3n) is 4.09. The number of aromatic nitrogens is 2. The zero-order valence-electron chi connectivity index (χ0n) is 10.5. The maximum atomic E-state index is 9.50. The molecule has 2 aliphatic rings. The van der Waals surface area contributed by atoms with E-state index in [9.17, 15) is 5.11 Å². The summed E-state index contributed by atoms with van der Waals surface area (Å²) in [4.78, 5) is 4.57. The molecular weight excluding hydrogens is 232 g/mol. The molecule has 5 nitrogen and oxygen atoms in total. The van der Waals surface area contributed by atoms with E-state index < -0.39 is 0 Å². The lowest BCUT2D eigenvalue weighted by Crippen LogP contribution is -2.17. The Morgan fingerprint density at radius 1 is 0.944 bits per heavy atom. The third kappa shape index (κ3) is 2.57. The van der Waals surface area contributed by atoms with E-state index in [4.69, 9.17) is 9.26 Å². The van der Waals surface area contributed by atoms with E-state index in [1.807, 2.05) is 0 Å². The molecule has 2 fully saturated rings. The Morgan fingerprint density at radius 2 is 1.67 bits per heavy atom. The Hall–Kier alpha value is -0.940. The smallest absolute Gasteiger partial charge is 0.229 e. The van der Waals surface area contributed by atoms with Crippen molar-refractivity contribution in [1.82, 2.24) is 10.1 Å². The molecule has 0 radical (unpaired) electrons. The number of aliphatic hydroxyl groups excluding tert-OH is 1. The second-order valence-electron chi connectivity index (χ2n) is 5.38. The number of aliphatic hydroxyl groups is 1. The van der Waals surface area contributed by atoms with Crippen LogP contribution in [0, 0.1) is 0 Å². The second kappa shape index (κ2) is 5.36.